The van der Waals surface area contributed by atoms with Crippen LogP contribution in [0.1, 0.15) is 49.4 Å². The number of nitrogens with one attached hydrogen (secondary N) is 2. The molecule has 2 aliphatic heterocycles. The Hall–Kier alpha value is -2.62. The maximum atomic E-state index is 13.5. The zero-order valence-electron chi connectivity index (χ0n) is 20.6. The van der Waals surface area contributed by atoms with E-state index in [2.05, 4.69) is 49.4 Å². The molecule has 0 radical (unpaired) electrons. The van der Waals surface area contributed by atoms with E-state index in [0.29, 0.717) is 30.9 Å². The van der Waals surface area contributed by atoms with Gasteiger partial charge in [0.25, 0.3) is 0 Å². The number of hydrogen-bond donors (Lipinski definition) is 2. The average molecular weight is 528 g/mol. The molecule has 190 valence electrons. The second-order valence-electron chi connectivity index (χ2n) is 9.52. The third-order valence-corrected chi connectivity index (χ3v) is 7.87. The molecule has 1 saturated heterocycles. The summed E-state index contributed by atoms with van der Waals surface area (Å²) in [4.78, 5) is 18.6. The molecule has 2 aromatic heterocycles. The second kappa shape index (κ2) is 10.8. The molecule has 10 heteroatoms. The molecule has 3 aliphatic rings. The summed E-state index contributed by atoms with van der Waals surface area (Å²) in [5, 5.41) is 3.37. The molecular formula is C26H31ClFN7S. The number of anilines is 2. The number of hydrogen-bond acceptors (Lipinski definition) is 8. The third-order valence-electron chi connectivity index (χ3n) is 7.14. The number of allylic oxidation sites excluding steroid dienone is 4. The van der Waals surface area contributed by atoms with Crippen molar-refractivity contribution < 1.29 is 4.39 Å². The SMILES string of the molecule is C=C(c1ccnc(NSC)c1)N1CCC(N2Cc3cnc(NC4=CC(Cl)=C(F)CC4)nc3C2)C[C@H]1C. The van der Waals surface area contributed by atoms with E-state index in [9.17, 15) is 4.39 Å². The number of likely N-dealkylation sites (tertiary alicyclic amines) is 1. The van der Waals surface area contributed by atoms with Gasteiger partial charge in [-0.1, -0.05) is 30.1 Å². The first-order valence-electron chi connectivity index (χ1n) is 12.2. The summed E-state index contributed by atoms with van der Waals surface area (Å²) in [7, 11) is 0. The Bertz CT molecular complexity index is 1220. The highest BCUT2D eigenvalue weighted by Gasteiger charge is 2.33. The quantitative estimate of drug-likeness (QED) is 0.431. The maximum Gasteiger partial charge on any atom is 0.227 e. The minimum Gasteiger partial charge on any atom is -0.369 e. The molecule has 1 unspecified atom stereocenters. The van der Waals surface area contributed by atoms with Gasteiger partial charge < -0.3 is 14.9 Å². The molecule has 0 spiro atoms. The molecule has 2 aromatic rings. The number of piperidine rings is 1. The van der Waals surface area contributed by atoms with Gasteiger partial charge in [0.1, 0.15) is 11.6 Å². The van der Waals surface area contributed by atoms with Crippen LogP contribution in [0.4, 0.5) is 16.2 Å². The van der Waals surface area contributed by atoms with E-state index < -0.39 is 0 Å². The molecule has 0 aromatic carbocycles. The number of halogens is 2. The van der Waals surface area contributed by atoms with Gasteiger partial charge in [-0.05, 0) is 44.4 Å². The molecule has 2 N–H and O–H groups in total. The van der Waals surface area contributed by atoms with Crippen LogP contribution in [0.25, 0.3) is 5.70 Å². The van der Waals surface area contributed by atoms with Crippen LogP contribution in [0.2, 0.25) is 0 Å². The number of aromatic nitrogens is 3. The molecule has 1 aliphatic carbocycles. The fourth-order valence-corrected chi connectivity index (χ4v) is 5.77. The monoisotopic (exact) mass is 527 g/mol. The summed E-state index contributed by atoms with van der Waals surface area (Å²) in [6.45, 7) is 9.33. The molecule has 5 rings (SSSR count). The minimum absolute atomic E-state index is 0.153. The highest BCUT2D eigenvalue weighted by Crippen LogP contribution is 2.33. The van der Waals surface area contributed by atoms with E-state index in [1.54, 1.807) is 6.08 Å². The van der Waals surface area contributed by atoms with Crippen molar-refractivity contribution in [3.8, 4) is 0 Å². The van der Waals surface area contributed by atoms with Crippen molar-refractivity contribution in [3.63, 3.8) is 0 Å². The van der Waals surface area contributed by atoms with Gasteiger partial charge in [-0.15, -0.1) is 0 Å². The van der Waals surface area contributed by atoms with Crippen molar-refractivity contribution in [1.82, 2.24) is 24.8 Å². The highest BCUT2D eigenvalue weighted by molar-refractivity contribution is 7.99. The van der Waals surface area contributed by atoms with Crippen LogP contribution in [0.15, 0.2) is 53.7 Å². The van der Waals surface area contributed by atoms with E-state index >= 15 is 0 Å². The lowest BCUT2D eigenvalue weighted by Crippen LogP contribution is -2.46. The third kappa shape index (κ3) is 5.38. The van der Waals surface area contributed by atoms with Crippen LogP contribution in [-0.4, -0.2) is 49.6 Å². The number of fused-ring (bicyclic) bond motifs is 1. The largest absolute Gasteiger partial charge is 0.369 e. The average Bonchev–Trinajstić information content (AvgIpc) is 3.30. The Balaban J connectivity index is 1.20. The van der Waals surface area contributed by atoms with E-state index in [1.165, 1.54) is 17.5 Å². The van der Waals surface area contributed by atoms with Gasteiger partial charge in [0.15, 0.2) is 0 Å². The number of nitrogens with zero attached hydrogens (tertiary/aromatic N) is 5. The van der Waals surface area contributed by atoms with Gasteiger partial charge in [0.2, 0.25) is 5.95 Å². The van der Waals surface area contributed by atoms with Gasteiger partial charge in [-0.3, -0.25) is 4.90 Å². The van der Waals surface area contributed by atoms with Crippen molar-refractivity contribution in [1.29, 1.82) is 0 Å². The Labute approximate surface area is 221 Å². The van der Waals surface area contributed by atoms with Gasteiger partial charge in [-0.25, -0.2) is 19.3 Å². The summed E-state index contributed by atoms with van der Waals surface area (Å²) in [5.74, 6) is 1.12. The summed E-state index contributed by atoms with van der Waals surface area (Å²) >= 11 is 7.48. The molecule has 4 heterocycles. The smallest absolute Gasteiger partial charge is 0.227 e. The van der Waals surface area contributed by atoms with Gasteiger partial charge in [0.05, 0.1) is 10.7 Å². The van der Waals surface area contributed by atoms with Crippen molar-refractivity contribution >= 4 is 41.0 Å². The Morgan fingerprint density at radius 3 is 2.92 bits per heavy atom. The second-order valence-corrected chi connectivity index (χ2v) is 10.5. The summed E-state index contributed by atoms with van der Waals surface area (Å²) in [6, 6.07) is 4.94. The summed E-state index contributed by atoms with van der Waals surface area (Å²) in [6.07, 6.45) is 10.3. The fraction of sp³-hybridized carbons (Fsp3) is 0.423. The van der Waals surface area contributed by atoms with E-state index in [0.717, 1.165) is 60.9 Å². The van der Waals surface area contributed by atoms with Crippen molar-refractivity contribution in [2.75, 3.05) is 22.8 Å². The lowest BCUT2D eigenvalue weighted by Gasteiger charge is -2.43. The predicted molar refractivity (Wildman–Crippen MR) is 146 cm³/mol. The van der Waals surface area contributed by atoms with Crippen LogP contribution in [0, 0.1) is 0 Å². The lowest BCUT2D eigenvalue weighted by atomic mass is 9.95. The molecule has 1 fully saturated rings. The zero-order valence-corrected chi connectivity index (χ0v) is 22.2. The topological polar surface area (TPSA) is 69.2 Å². The molecule has 2 atom stereocenters. The predicted octanol–water partition coefficient (Wildman–Crippen LogP) is 5.91. The van der Waals surface area contributed by atoms with Crippen LogP contribution in [-0.2, 0) is 13.1 Å². The standard InChI is InChI=1S/C26H31ClFN7S/c1-16-10-21(7-9-35(16)17(2)18-6-8-29-25(11-18)33-36-3)34-14-19-13-30-26(32-24(19)15-34)31-20-4-5-23(28)22(27)12-20/h6,8,11-13,16,21H,2,4-5,7,9-10,14-15H2,1,3H3,(H,29,33)(H,30,31,32)/t16-,21?/m1/s1. The molecule has 0 amide bonds. The first kappa shape index (κ1) is 25.0. The first-order valence-corrected chi connectivity index (χ1v) is 13.8. The maximum absolute atomic E-state index is 13.5. The summed E-state index contributed by atoms with van der Waals surface area (Å²) < 4.78 is 16.7. The summed E-state index contributed by atoms with van der Waals surface area (Å²) in [5.41, 5.74) is 5.21. The number of pyridine rings is 1. The first-order chi connectivity index (χ1) is 17.4. The Morgan fingerprint density at radius 1 is 1.28 bits per heavy atom. The fourth-order valence-electron chi connectivity index (χ4n) is 5.22. The van der Waals surface area contributed by atoms with Gasteiger partial charge >= 0.3 is 0 Å². The lowest BCUT2D eigenvalue weighted by molar-refractivity contribution is 0.102. The van der Waals surface area contributed by atoms with Crippen molar-refractivity contribution in [2.45, 2.75) is 57.8 Å². The van der Waals surface area contributed by atoms with E-state index in [4.69, 9.17) is 16.6 Å². The van der Waals surface area contributed by atoms with E-state index in [1.807, 2.05) is 24.7 Å². The Morgan fingerprint density at radius 2 is 2.14 bits per heavy atom. The molecular weight excluding hydrogens is 497 g/mol. The van der Waals surface area contributed by atoms with Crippen molar-refractivity contribution in [3.05, 3.63) is 70.6 Å². The van der Waals surface area contributed by atoms with Crippen LogP contribution < -0.4 is 10.0 Å². The van der Waals surface area contributed by atoms with Crippen molar-refractivity contribution in [2.24, 2.45) is 0 Å². The molecule has 0 bridgehead atoms. The Kier molecular flexibility index (Phi) is 7.50. The number of rotatable bonds is 7. The normalized spacial score (nSPS) is 22.3. The van der Waals surface area contributed by atoms with Gasteiger partial charge in [-0.2, -0.15) is 0 Å². The minimum atomic E-state index is -0.269. The molecule has 7 nitrogen and oxygen atoms in total. The van der Waals surface area contributed by atoms with E-state index in [-0.39, 0.29) is 10.9 Å². The van der Waals surface area contributed by atoms with Gasteiger partial charge in [0, 0.05) is 79.3 Å². The molecule has 0 saturated carbocycles. The van der Waals surface area contributed by atoms with Crippen LogP contribution in [0.3, 0.4) is 0 Å². The van der Waals surface area contributed by atoms with Crippen LogP contribution >= 0.6 is 23.5 Å². The molecule has 36 heavy (non-hydrogen) atoms. The highest BCUT2D eigenvalue weighted by atomic mass is 35.5. The zero-order chi connectivity index (χ0) is 25.2. The van der Waals surface area contributed by atoms with Crippen LogP contribution in [0.5, 0.6) is 0 Å².